The third-order valence-electron chi connectivity index (χ3n) is 1.20. The van der Waals surface area contributed by atoms with Gasteiger partial charge < -0.3 is 14.6 Å². The summed E-state index contributed by atoms with van der Waals surface area (Å²) in [5, 5.41) is 9.01. The van der Waals surface area contributed by atoms with Gasteiger partial charge in [0.15, 0.2) is 6.10 Å². The summed E-state index contributed by atoms with van der Waals surface area (Å²) >= 11 is 0. The minimum atomic E-state index is -1.65. The van der Waals surface area contributed by atoms with E-state index in [0.29, 0.717) is 0 Å². The van der Waals surface area contributed by atoms with E-state index < -0.39 is 18.0 Å². The first-order valence-electron chi connectivity index (χ1n) is 3.07. The lowest BCUT2D eigenvalue weighted by atomic mass is 10.2. The summed E-state index contributed by atoms with van der Waals surface area (Å²) < 4.78 is 8.39. The van der Waals surface area contributed by atoms with Gasteiger partial charge >= 0.3 is 11.9 Å². The van der Waals surface area contributed by atoms with Crippen molar-refractivity contribution in [1.82, 2.24) is 0 Å². The highest BCUT2D eigenvalue weighted by Crippen LogP contribution is 2.02. The molecule has 12 heavy (non-hydrogen) atoms. The van der Waals surface area contributed by atoms with Crippen LogP contribution < -0.4 is 0 Å². The summed E-state index contributed by atoms with van der Waals surface area (Å²) in [6.07, 6.45) is -1.65. The third-order valence-corrected chi connectivity index (χ3v) is 1.20. The molecule has 0 bridgehead atoms. The number of methoxy groups -OCH3 is 2. The molecule has 5 heteroatoms. The van der Waals surface area contributed by atoms with E-state index in [1.807, 2.05) is 0 Å². The second-order valence-corrected chi connectivity index (χ2v) is 1.94. The molecule has 0 saturated carbocycles. The molecule has 1 atom stereocenters. The molecule has 0 rings (SSSR count). The van der Waals surface area contributed by atoms with Gasteiger partial charge in [-0.15, -0.1) is 0 Å². The maximum atomic E-state index is 10.7. The Bertz CT molecular complexity index is 208. The number of rotatable bonds is 3. The summed E-state index contributed by atoms with van der Waals surface area (Å²) in [5.74, 6) is -1.78. The Morgan fingerprint density at radius 2 is 1.83 bits per heavy atom. The Balaban J connectivity index is 4.29. The lowest BCUT2D eigenvalue weighted by molar-refractivity contribution is -0.151. The van der Waals surface area contributed by atoms with Crippen LogP contribution in [0.15, 0.2) is 12.2 Å². The van der Waals surface area contributed by atoms with Crippen molar-refractivity contribution >= 4 is 11.9 Å². The molecule has 0 spiro atoms. The Labute approximate surface area is 69.6 Å². The van der Waals surface area contributed by atoms with Crippen molar-refractivity contribution in [3.05, 3.63) is 12.2 Å². The molecular weight excluding hydrogens is 164 g/mol. The monoisotopic (exact) mass is 174 g/mol. The average molecular weight is 174 g/mol. The van der Waals surface area contributed by atoms with E-state index >= 15 is 0 Å². The molecule has 0 aliphatic heterocycles. The fourth-order valence-corrected chi connectivity index (χ4v) is 0.497. The van der Waals surface area contributed by atoms with E-state index in [1.54, 1.807) is 0 Å². The van der Waals surface area contributed by atoms with Crippen LogP contribution in [0.2, 0.25) is 0 Å². The molecule has 0 saturated heterocycles. The number of hydrogen-bond donors (Lipinski definition) is 1. The molecule has 0 unspecified atom stereocenters. The topological polar surface area (TPSA) is 72.8 Å². The maximum absolute atomic E-state index is 10.7. The fourth-order valence-electron chi connectivity index (χ4n) is 0.497. The summed E-state index contributed by atoms with van der Waals surface area (Å²) in [5.41, 5.74) is -0.343. The minimum absolute atomic E-state index is 0.343. The van der Waals surface area contributed by atoms with Crippen LogP contribution in [-0.4, -0.2) is 37.4 Å². The predicted molar refractivity (Wildman–Crippen MR) is 39.2 cm³/mol. The summed E-state index contributed by atoms with van der Waals surface area (Å²) in [7, 11) is 2.22. The lowest BCUT2D eigenvalue weighted by Gasteiger charge is -2.08. The number of aliphatic hydroxyl groups is 1. The van der Waals surface area contributed by atoms with Gasteiger partial charge in [-0.25, -0.2) is 9.59 Å². The van der Waals surface area contributed by atoms with E-state index in [2.05, 4.69) is 16.1 Å². The van der Waals surface area contributed by atoms with Crippen molar-refractivity contribution in [2.45, 2.75) is 6.10 Å². The maximum Gasteiger partial charge on any atom is 0.339 e. The van der Waals surface area contributed by atoms with Gasteiger partial charge in [0.25, 0.3) is 0 Å². The van der Waals surface area contributed by atoms with Gasteiger partial charge in [0.05, 0.1) is 19.8 Å². The van der Waals surface area contributed by atoms with Gasteiger partial charge in [0, 0.05) is 0 Å². The van der Waals surface area contributed by atoms with E-state index in [-0.39, 0.29) is 5.57 Å². The standard InChI is InChI=1S/C7H10O5/c1-4(6(9)11-2)5(8)7(10)12-3/h5,8H,1H2,2-3H3/t5-/m0/s1. The van der Waals surface area contributed by atoms with E-state index in [4.69, 9.17) is 5.11 Å². The zero-order valence-electron chi connectivity index (χ0n) is 6.86. The van der Waals surface area contributed by atoms with Crippen molar-refractivity contribution < 1.29 is 24.2 Å². The Hall–Kier alpha value is -1.36. The largest absolute Gasteiger partial charge is 0.467 e. The molecule has 0 aromatic heterocycles. The van der Waals surface area contributed by atoms with Gasteiger partial charge in [-0.3, -0.25) is 0 Å². The van der Waals surface area contributed by atoms with Crippen molar-refractivity contribution in [1.29, 1.82) is 0 Å². The summed E-state index contributed by atoms with van der Waals surface area (Å²) in [6, 6.07) is 0. The Kier molecular flexibility index (Phi) is 3.99. The van der Waals surface area contributed by atoms with Crippen molar-refractivity contribution in [2.24, 2.45) is 0 Å². The average Bonchev–Trinajstić information content (AvgIpc) is 2.12. The van der Waals surface area contributed by atoms with Gasteiger partial charge in [-0.1, -0.05) is 6.58 Å². The second kappa shape index (κ2) is 4.50. The molecule has 68 valence electrons. The Morgan fingerprint density at radius 1 is 1.33 bits per heavy atom. The molecule has 0 aliphatic rings. The van der Waals surface area contributed by atoms with Crippen LogP contribution in [-0.2, 0) is 19.1 Å². The van der Waals surface area contributed by atoms with E-state index in [1.165, 1.54) is 0 Å². The molecule has 0 aromatic rings. The highest BCUT2D eigenvalue weighted by atomic mass is 16.5. The molecule has 0 amide bonds. The molecule has 0 radical (unpaired) electrons. The van der Waals surface area contributed by atoms with Crippen LogP contribution in [0, 0.1) is 0 Å². The first-order chi connectivity index (χ1) is 5.54. The first kappa shape index (κ1) is 10.6. The van der Waals surface area contributed by atoms with Gasteiger partial charge in [-0.05, 0) is 0 Å². The summed E-state index contributed by atoms with van der Waals surface area (Å²) in [4.78, 5) is 21.3. The van der Waals surface area contributed by atoms with Crippen molar-refractivity contribution in [2.75, 3.05) is 14.2 Å². The highest BCUT2D eigenvalue weighted by Gasteiger charge is 2.24. The van der Waals surface area contributed by atoms with Gasteiger partial charge in [0.1, 0.15) is 0 Å². The SMILES string of the molecule is C=C(C(=O)OC)[C@H](O)C(=O)OC. The van der Waals surface area contributed by atoms with Crippen LogP contribution in [0.1, 0.15) is 0 Å². The fraction of sp³-hybridized carbons (Fsp3) is 0.429. The Morgan fingerprint density at radius 3 is 2.17 bits per heavy atom. The number of esters is 2. The molecule has 5 nitrogen and oxygen atoms in total. The third kappa shape index (κ3) is 2.35. The second-order valence-electron chi connectivity index (χ2n) is 1.94. The first-order valence-corrected chi connectivity index (χ1v) is 3.07. The number of carbonyl (C=O) groups is 2. The van der Waals surface area contributed by atoms with Gasteiger partial charge in [-0.2, -0.15) is 0 Å². The zero-order chi connectivity index (χ0) is 9.72. The van der Waals surface area contributed by atoms with Crippen LogP contribution in [0.25, 0.3) is 0 Å². The number of hydrogen-bond acceptors (Lipinski definition) is 5. The van der Waals surface area contributed by atoms with E-state index in [0.717, 1.165) is 14.2 Å². The molecular formula is C7H10O5. The zero-order valence-corrected chi connectivity index (χ0v) is 6.86. The predicted octanol–water partition coefficient (Wildman–Crippen LogP) is -0.751. The van der Waals surface area contributed by atoms with Gasteiger partial charge in [0.2, 0.25) is 0 Å². The molecule has 0 fully saturated rings. The number of ether oxygens (including phenoxy) is 2. The molecule has 0 aliphatic carbocycles. The minimum Gasteiger partial charge on any atom is -0.467 e. The highest BCUT2D eigenvalue weighted by molar-refractivity contribution is 5.96. The molecule has 0 aromatic carbocycles. The van der Waals surface area contributed by atoms with E-state index in [9.17, 15) is 9.59 Å². The molecule has 0 heterocycles. The summed E-state index contributed by atoms with van der Waals surface area (Å²) in [6.45, 7) is 3.17. The normalized spacial score (nSPS) is 11.6. The van der Waals surface area contributed by atoms with Crippen molar-refractivity contribution in [3.63, 3.8) is 0 Å². The van der Waals surface area contributed by atoms with Crippen molar-refractivity contribution in [3.8, 4) is 0 Å². The number of carbonyl (C=O) groups excluding carboxylic acids is 2. The van der Waals surface area contributed by atoms with Crippen LogP contribution in [0.3, 0.4) is 0 Å². The number of aliphatic hydroxyl groups excluding tert-OH is 1. The smallest absolute Gasteiger partial charge is 0.339 e. The quantitative estimate of drug-likeness (QED) is 0.450. The van der Waals surface area contributed by atoms with Crippen LogP contribution in [0.5, 0.6) is 0 Å². The molecule has 1 N–H and O–H groups in total. The van der Waals surface area contributed by atoms with Crippen LogP contribution >= 0.6 is 0 Å². The van der Waals surface area contributed by atoms with Crippen LogP contribution in [0.4, 0.5) is 0 Å². The lowest BCUT2D eigenvalue weighted by Crippen LogP contribution is -2.28.